The summed E-state index contributed by atoms with van der Waals surface area (Å²) in [5.41, 5.74) is 2.80. The Kier molecular flexibility index (Phi) is 2.52. The Morgan fingerprint density at radius 1 is 1.29 bits per heavy atom. The largest absolute Gasteiger partial charge is 0.464 e. The van der Waals surface area contributed by atoms with Gasteiger partial charge in [0.05, 0.1) is 0 Å². The molecule has 2 atom stereocenters. The minimum Gasteiger partial charge on any atom is -0.464 e. The van der Waals surface area contributed by atoms with E-state index in [4.69, 9.17) is 4.42 Å². The molecule has 0 bridgehead atoms. The maximum absolute atomic E-state index is 10.1. The van der Waals surface area contributed by atoms with Gasteiger partial charge in [-0.1, -0.05) is 24.3 Å². The first-order valence-electron chi connectivity index (χ1n) is 6.06. The molecule has 1 N–H and O–H groups in total. The summed E-state index contributed by atoms with van der Waals surface area (Å²) >= 11 is 0. The monoisotopic (exact) mass is 228 g/mol. The third-order valence-corrected chi connectivity index (χ3v) is 3.56. The Morgan fingerprint density at radius 2 is 2.12 bits per heavy atom. The number of hydrogen-bond acceptors (Lipinski definition) is 2. The second kappa shape index (κ2) is 4.04. The van der Waals surface area contributed by atoms with Crippen LogP contribution in [0.5, 0.6) is 0 Å². The Morgan fingerprint density at radius 3 is 2.82 bits per heavy atom. The van der Waals surface area contributed by atoms with Crippen molar-refractivity contribution in [2.45, 2.75) is 31.8 Å². The van der Waals surface area contributed by atoms with Gasteiger partial charge in [-0.3, -0.25) is 0 Å². The highest BCUT2D eigenvalue weighted by Gasteiger charge is 2.28. The van der Waals surface area contributed by atoms with Gasteiger partial charge in [-0.15, -0.1) is 0 Å². The van der Waals surface area contributed by atoms with Crippen LogP contribution in [0, 0.1) is 6.92 Å². The van der Waals surface area contributed by atoms with E-state index in [9.17, 15) is 5.11 Å². The zero-order chi connectivity index (χ0) is 11.8. The second-order valence-electron chi connectivity index (χ2n) is 4.80. The summed E-state index contributed by atoms with van der Waals surface area (Å²) in [6.45, 7) is 1.90. The smallest absolute Gasteiger partial charge is 0.132 e. The highest BCUT2D eigenvalue weighted by Crippen LogP contribution is 2.40. The van der Waals surface area contributed by atoms with Gasteiger partial charge < -0.3 is 9.52 Å². The third kappa shape index (κ3) is 1.89. The minimum atomic E-state index is -0.484. The maximum atomic E-state index is 10.1. The van der Waals surface area contributed by atoms with Crippen molar-refractivity contribution >= 4 is 0 Å². The van der Waals surface area contributed by atoms with Crippen LogP contribution in [0.4, 0.5) is 0 Å². The minimum absolute atomic E-state index is 0.478. The van der Waals surface area contributed by atoms with E-state index in [1.165, 1.54) is 11.1 Å². The number of aryl methyl sites for hydroxylation is 1. The molecule has 1 aromatic heterocycles. The van der Waals surface area contributed by atoms with E-state index in [-0.39, 0.29) is 0 Å². The number of hydrogen-bond donors (Lipinski definition) is 1. The molecular formula is C15H16O2. The SMILES string of the molecule is Cc1ccc(C(O)CC2Cc3ccccc32)o1. The first kappa shape index (κ1) is 10.6. The summed E-state index contributed by atoms with van der Waals surface area (Å²) in [5, 5.41) is 10.1. The molecule has 0 fully saturated rings. The number of aliphatic hydroxyl groups is 1. The predicted octanol–water partition coefficient (Wildman–Crippen LogP) is 3.35. The summed E-state index contributed by atoms with van der Waals surface area (Å²) in [6.07, 6.45) is 1.35. The van der Waals surface area contributed by atoms with Crippen molar-refractivity contribution in [3.8, 4) is 0 Å². The Labute approximate surface area is 101 Å². The average molecular weight is 228 g/mol. The van der Waals surface area contributed by atoms with Gasteiger partial charge in [-0.25, -0.2) is 0 Å². The lowest BCUT2D eigenvalue weighted by Crippen LogP contribution is -2.19. The molecule has 0 amide bonds. The topological polar surface area (TPSA) is 33.4 Å². The van der Waals surface area contributed by atoms with E-state index in [0.29, 0.717) is 11.7 Å². The fourth-order valence-electron chi connectivity index (χ4n) is 2.59. The molecule has 2 aromatic rings. The van der Waals surface area contributed by atoms with Crippen LogP contribution in [0.15, 0.2) is 40.8 Å². The number of fused-ring (bicyclic) bond motifs is 1. The van der Waals surface area contributed by atoms with E-state index < -0.39 is 6.10 Å². The number of rotatable bonds is 3. The average Bonchev–Trinajstić information content (AvgIpc) is 2.73. The molecule has 1 aliphatic rings. The van der Waals surface area contributed by atoms with Crippen molar-refractivity contribution in [1.82, 2.24) is 0 Å². The molecule has 0 saturated heterocycles. The summed E-state index contributed by atoms with van der Waals surface area (Å²) in [4.78, 5) is 0. The molecular weight excluding hydrogens is 212 g/mol. The molecule has 0 radical (unpaired) electrons. The number of aliphatic hydroxyl groups excluding tert-OH is 1. The van der Waals surface area contributed by atoms with Gasteiger partial charge in [-0.05, 0) is 48.9 Å². The molecule has 17 heavy (non-hydrogen) atoms. The molecule has 2 heteroatoms. The van der Waals surface area contributed by atoms with Crippen molar-refractivity contribution in [2.24, 2.45) is 0 Å². The first-order valence-corrected chi connectivity index (χ1v) is 6.06. The van der Waals surface area contributed by atoms with Crippen molar-refractivity contribution in [3.63, 3.8) is 0 Å². The molecule has 2 nitrogen and oxygen atoms in total. The summed E-state index contributed by atoms with van der Waals surface area (Å²) in [6, 6.07) is 12.2. The van der Waals surface area contributed by atoms with Gasteiger partial charge in [0.15, 0.2) is 0 Å². The van der Waals surface area contributed by atoms with Crippen LogP contribution in [0.1, 0.15) is 41.1 Å². The predicted molar refractivity (Wildman–Crippen MR) is 65.9 cm³/mol. The standard InChI is InChI=1S/C15H16O2/c1-10-6-7-15(17-10)14(16)9-12-8-11-4-2-3-5-13(11)12/h2-7,12,14,16H,8-9H2,1H3. The maximum Gasteiger partial charge on any atom is 0.132 e. The Hall–Kier alpha value is -1.54. The molecule has 0 aliphatic heterocycles. The highest BCUT2D eigenvalue weighted by molar-refractivity contribution is 5.40. The summed E-state index contributed by atoms with van der Waals surface area (Å²) in [7, 11) is 0. The van der Waals surface area contributed by atoms with E-state index in [1.54, 1.807) is 0 Å². The fraction of sp³-hybridized carbons (Fsp3) is 0.333. The van der Waals surface area contributed by atoms with Crippen LogP contribution in [-0.4, -0.2) is 5.11 Å². The van der Waals surface area contributed by atoms with Gasteiger partial charge in [-0.2, -0.15) is 0 Å². The van der Waals surface area contributed by atoms with Gasteiger partial charge in [0, 0.05) is 0 Å². The fourth-order valence-corrected chi connectivity index (χ4v) is 2.59. The van der Waals surface area contributed by atoms with Crippen molar-refractivity contribution in [1.29, 1.82) is 0 Å². The van der Waals surface area contributed by atoms with Crippen molar-refractivity contribution in [2.75, 3.05) is 0 Å². The molecule has 2 unspecified atom stereocenters. The number of benzene rings is 1. The first-order chi connectivity index (χ1) is 8.24. The highest BCUT2D eigenvalue weighted by atomic mass is 16.4. The number of furan rings is 1. The second-order valence-corrected chi connectivity index (χ2v) is 4.80. The zero-order valence-corrected chi connectivity index (χ0v) is 9.89. The van der Waals surface area contributed by atoms with Crippen molar-refractivity contribution in [3.05, 3.63) is 59.0 Å². The van der Waals surface area contributed by atoms with Gasteiger partial charge in [0.25, 0.3) is 0 Å². The summed E-state index contributed by atoms with van der Waals surface area (Å²) in [5.74, 6) is 2.02. The molecule has 0 saturated carbocycles. The van der Waals surface area contributed by atoms with Crippen LogP contribution in [0.2, 0.25) is 0 Å². The molecule has 1 aromatic carbocycles. The molecule has 1 heterocycles. The lowest BCUT2D eigenvalue weighted by Gasteiger charge is -2.31. The van der Waals surface area contributed by atoms with E-state index in [2.05, 4.69) is 24.3 Å². The van der Waals surface area contributed by atoms with Gasteiger partial charge in [0.2, 0.25) is 0 Å². The van der Waals surface area contributed by atoms with Crippen LogP contribution < -0.4 is 0 Å². The molecule has 3 rings (SSSR count). The van der Waals surface area contributed by atoms with Crippen LogP contribution in [-0.2, 0) is 6.42 Å². The zero-order valence-electron chi connectivity index (χ0n) is 9.89. The molecule has 0 spiro atoms. The Bertz CT molecular complexity index is 527. The lowest BCUT2D eigenvalue weighted by molar-refractivity contribution is 0.127. The lowest BCUT2D eigenvalue weighted by atomic mass is 9.74. The van der Waals surface area contributed by atoms with Gasteiger partial charge in [0.1, 0.15) is 17.6 Å². The van der Waals surface area contributed by atoms with Crippen LogP contribution in [0.25, 0.3) is 0 Å². The van der Waals surface area contributed by atoms with E-state index in [0.717, 1.165) is 18.6 Å². The van der Waals surface area contributed by atoms with E-state index >= 15 is 0 Å². The third-order valence-electron chi connectivity index (χ3n) is 3.56. The summed E-state index contributed by atoms with van der Waals surface area (Å²) < 4.78 is 5.45. The quantitative estimate of drug-likeness (QED) is 0.874. The van der Waals surface area contributed by atoms with Crippen LogP contribution >= 0.6 is 0 Å². The normalized spacial score (nSPS) is 19.5. The van der Waals surface area contributed by atoms with Crippen LogP contribution in [0.3, 0.4) is 0 Å². The van der Waals surface area contributed by atoms with E-state index in [1.807, 2.05) is 19.1 Å². The molecule has 1 aliphatic carbocycles. The molecule has 88 valence electrons. The Balaban J connectivity index is 1.70. The van der Waals surface area contributed by atoms with Crippen molar-refractivity contribution < 1.29 is 9.52 Å². The van der Waals surface area contributed by atoms with Gasteiger partial charge >= 0.3 is 0 Å².